The van der Waals surface area contributed by atoms with Crippen LogP contribution in [-0.2, 0) is 26.5 Å². The van der Waals surface area contributed by atoms with E-state index in [1.807, 2.05) is 116 Å². The molecule has 1 radical (unpaired) electrons. The Labute approximate surface area is 315 Å². The second-order valence-electron chi connectivity index (χ2n) is 14.4. The van der Waals surface area contributed by atoms with Crippen LogP contribution in [0.5, 0.6) is 0 Å². The van der Waals surface area contributed by atoms with Gasteiger partial charge in [-0.05, 0) is 64.7 Å². The molecule has 0 aliphatic carbocycles. The Kier molecular flexibility index (Phi) is 10.3. The molecule has 4 aromatic heterocycles. The predicted octanol–water partition coefficient (Wildman–Crippen LogP) is 11.5. The number of hydrogen-bond acceptors (Lipinski definition) is 4. The number of aromatic nitrogens is 3. The summed E-state index contributed by atoms with van der Waals surface area (Å²) in [4.78, 5) is 13.6. The average Bonchev–Trinajstić information content (AvgIpc) is 3.44. The van der Waals surface area contributed by atoms with Crippen LogP contribution in [0.3, 0.4) is 0 Å². The summed E-state index contributed by atoms with van der Waals surface area (Å²) in [7, 11) is -1.74. The summed E-state index contributed by atoms with van der Waals surface area (Å²) in [6.45, 7) is 21.6. The number of pyridine rings is 3. The molecule has 0 saturated carbocycles. The van der Waals surface area contributed by atoms with Crippen molar-refractivity contribution in [1.82, 2.24) is 15.0 Å². The number of rotatable bonds is 8. The van der Waals surface area contributed by atoms with Crippen LogP contribution in [-0.4, -0.2) is 23.0 Å². The molecule has 0 bridgehead atoms. The maximum absolute atomic E-state index is 8.66. The van der Waals surface area contributed by atoms with Crippen LogP contribution < -0.4 is 5.19 Å². The predicted molar refractivity (Wildman–Crippen MR) is 206 cm³/mol. The molecule has 0 spiro atoms. The van der Waals surface area contributed by atoms with E-state index in [2.05, 4.69) is 46.7 Å². The summed E-state index contributed by atoms with van der Waals surface area (Å²) in [6.07, 6.45) is 2.18. The molecule has 2 aromatic carbocycles. The van der Waals surface area contributed by atoms with Crippen molar-refractivity contribution in [2.75, 3.05) is 0 Å². The Morgan fingerprint density at radius 3 is 2.10 bits per heavy atom. The molecule has 0 amide bonds. The van der Waals surface area contributed by atoms with Gasteiger partial charge in [0.25, 0.3) is 0 Å². The molecule has 6 heteroatoms. The zero-order valence-electron chi connectivity index (χ0n) is 35.6. The Balaban J connectivity index is 0.000000237. The van der Waals surface area contributed by atoms with E-state index in [0.717, 1.165) is 55.2 Å². The molecule has 0 saturated heterocycles. The fourth-order valence-electron chi connectivity index (χ4n) is 5.47. The van der Waals surface area contributed by atoms with Crippen LogP contribution in [0.15, 0.2) is 77.5 Å². The van der Waals surface area contributed by atoms with Gasteiger partial charge in [-0.15, -0.1) is 59.2 Å². The van der Waals surface area contributed by atoms with Gasteiger partial charge in [-0.2, -0.15) is 0 Å². The van der Waals surface area contributed by atoms with E-state index in [1.54, 1.807) is 12.3 Å². The van der Waals surface area contributed by atoms with Crippen molar-refractivity contribution < 1.29 is 31.4 Å². The molecule has 4 heterocycles. The van der Waals surface area contributed by atoms with Crippen molar-refractivity contribution in [3.8, 4) is 22.5 Å². The van der Waals surface area contributed by atoms with Gasteiger partial charge >= 0.3 is 0 Å². The van der Waals surface area contributed by atoms with Crippen LogP contribution in [0, 0.1) is 18.1 Å². The maximum Gasteiger partial charge on any atom is 0.216 e. The van der Waals surface area contributed by atoms with E-state index in [9.17, 15) is 0 Å². The molecule has 49 heavy (non-hydrogen) atoms. The van der Waals surface area contributed by atoms with Crippen molar-refractivity contribution in [3.63, 3.8) is 0 Å². The molecular formula is C43H51IrN3OSi-2. The van der Waals surface area contributed by atoms with Gasteiger partial charge in [0.15, 0.2) is 0 Å². The molecule has 0 N–H and O–H groups in total. The third kappa shape index (κ3) is 9.22. The van der Waals surface area contributed by atoms with E-state index >= 15 is 0 Å². The molecule has 4 nitrogen and oxygen atoms in total. The van der Waals surface area contributed by atoms with Crippen molar-refractivity contribution in [2.45, 2.75) is 99.1 Å². The summed E-state index contributed by atoms with van der Waals surface area (Å²) < 4.78 is 47.9. The van der Waals surface area contributed by atoms with E-state index in [4.69, 9.17) is 11.3 Å². The van der Waals surface area contributed by atoms with Crippen molar-refractivity contribution >= 4 is 35.3 Å². The van der Waals surface area contributed by atoms with Gasteiger partial charge in [-0.3, -0.25) is 0 Å². The standard InChI is InChI=1S/C22H21N2O.C21H30NSi.Ir/c1-13(2)15-9-10-23-20(12-15)16-5-8-21-18(11-16)17-6-7-19(14(3)4)24-22(17)25-21;1-15(2)11-19-13-20(22-14-21(19)23(5,6)7)18-10-8-9-17(12-18)16(3)4;/h6-14H,1-4H3;8-9,12-16H,11H2,1-7H3;/q2*-1;/i13D,14D;11D2,16D;. The van der Waals surface area contributed by atoms with E-state index in [1.165, 1.54) is 0 Å². The van der Waals surface area contributed by atoms with Gasteiger partial charge in [-0.1, -0.05) is 104 Å². The maximum atomic E-state index is 8.66. The normalized spacial score (nSPS) is 14.2. The summed E-state index contributed by atoms with van der Waals surface area (Å²) in [5.41, 5.74) is 7.62. The first-order valence-electron chi connectivity index (χ1n) is 19.1. The summed E-state index contributed by atoms with van der Waals surface area (Å²) in [5, 5.41) is 2.92. The van der Waals surface area contributed by atoms with Gasteiger partial charge in [0, 0.05) is 50.4 Å². The first-order valence-corrected chi connectivity index (χ1v) is 20.1. The third-order valence-corrected chi connectivity index (χ3v) is 10.2. The Bertz CT molecular complexity index is 2260. The smallest absolute Gasteiger partial charge is 0.216 e. The minimum absolute atomic E-state index is 0. The summed E-state index contributed by atoms with van der Waals surface area (Å²) in [5.74, 6) is -2.29. The Hall–Kier alpha value is -3.44. The fourth-order valence-corrected chi connectivity index (χ4v) is 6.88. The number of nitrogens with zero attached hydrogens (tertiary/aromatic N) is 3. The zero-order chi connectivity index (χ0) is 39.3. The molecule has 0 atom stereocenters. The zero-order valence-corrected chi connectivity index (χ0v) is 34.0. The quantitative estimate of drug-likeness (QED) is 0.113. The largest absolute Gasteiger partial charge is 0.486 e. The Morgan fingerprint density at radius 1 is 0.776 bits per heavy atom. The van der Waals surface area contributed by atoms with Gasteiger partial charge in [0.05, 0.1) is 13.7 Å². The van der Waals surface area contributed by atoms with Gasteiger partial charge in [0.2, 0.25) is 5.71 Å². The van der Waals surface area contributed by atoms with Crippen LogP contribution >= 0.6 is 0 Å². The number of fused-ring (bicyclic) bond motifs is 3. The Morgan fingerprint density at radius 2 is 1.45 bits per heavy atom. The van der Waals surface area contributed by atoms with Crippen LogP contribution in [0.2, 0.25) is 19.6 Å². The van der Waals surface area contributed by atoms with Crippen molar-refractivity contribution in [3.05, 3.63) is 108 Å². The van der Waals surface area contributed by atoms with Crippen molar-refractivity contribution in [2.24, 2.45) is 5.92 Å². The molecule has 0 aliphatic rings. The minimum atomic E-state index is -1.74. The monoisotopic (exact) mass is 851 g/mol. The number of benzene rings is 2. The molecule has 0 fully saturated rings. The first-order chi connectivity index (χ1) is 24.4. The molecule has 259 valence electrons. The van der Waals surface area contributed by atoms with Gasteiger partial charge in [0.1, 0.15) is 0 Å². The summed E-state index contributed by atoms with van der Waals surface area (Å²) in [6, 6.07) is 25.5. The van der Waals surface area contributed by atoms with E-state index in [0.29, 0.717) is 17.0 Å². The van der Waals surface area contributed by atoms with E-state index in [-0.39, 0.29) is 26.0 Å². The van der Waals surface area contributed by atoms with Crippen LogP contribution in [0.4, 0.5) is 0 Å². The van der Waals surface area contributed by atoms with E-state index < -0.39 is 32.1 Å². The van der Waals surface area contributed by atoms with Gasteiger partial charge < -0.3 is 14.4 Å². The SMILES string of the molecule is [2H]C(C)(C)c1cc[c-]c(-c2cc(C([2H])([2H])C(C)C)c([Si](C)(C)C)cn2)c1.[2H]C(C)(C)c1ccnc(-c2[c-]cc3oc4nc(C([2H])(C)C)ccc4c3c2)c1.[Ir]. The molecular weight excluding hydrogens is 795 g/mol. The van der Waals surface area contributed by atoms with Crippen LogP contribution in [0.25, 0.3) is 44.6 Å². The second kappa shape index (κ2) is 16.1. The second-order valence-corrected chi connectivity index (χ2v) is 19.4. The molecule has 6 aromatic rings. The minimum Gasteiger partial charge on any atom is -0.486 e. The average molecular weight is 851 g/mol. The third-order valence-electron chi connectivity index (χ3n) is 8.21. The van der Waals surface area contributed by atoms with Crippen molar-refractivity contribution in [1.29, 1.82) is 0 Å². The van der Waals surface area contributed by atoms with Gasteiger partial charge in [-0.25, -0.2) is 4.98 Å². The van der Waals surface area contributed by atoms with Crippen LogP contribution in [0.1, 0.15) is 102 Å². The molecule has 0 unspecified atom stereocenters. The molecule has 6 rings (SSSR count). The topological polar surface area (TPSA) is 51.8 Å². The number of hydrogen-bond donors (Lipinski definition) is 0. The summed E-state index contributed by atoms with van der Waals surface area (Å²) >= 11 is 0. The number of furan rings is 1. The fraction of sp³-hybridized carbons (Fsp3) is 0.372. The first kappa shape index (κ1) is 31.5. The molecule has 0 aliphatic heterocycles.